The first kappa shape index (κ1) is 19.6. The van der Waals surface area contributed by atoms with Crippen LogP contribution in [0.4, 0.5) is 13.2 Å². The topological polar surface area (TPSA) is 92.8 Å². The molecule has 0 saturated carbocycles. The van der Waals surface area contributed by atoms with Crippen LogP contribution in [0.2, 0.25) is 5.02 Å². The van der Waals surface area contributed by atoms with E-state index in [1.54, 1.807) is 0 Å². The molecule has 0 bridgehead atoms. The molecule has 1 aromatic heterocycles. The monoisotopic (exact) mass is 411 g/mol. The van der Waals surface area contributed by atoms with E-state index in [0.717, 1.165) is 0 Å². The summed E-state index contributed by atoms with van der Waals surface area (Å²) >= 11 is 5.70. The van der Waals surface area contributed by atoms with Gasteiger partial charge in [0.1, 0.15) is 17.6 Å². The van der Waals surface area contributed by atoms with Crippen molar-refractivity contribution in [1.29, 1.82) is 0 Å². The Kier molecular flexibility index (Phi) is 6.09. The van der Waals surface area contributed by atoms with Crippen LogP contribution >= 0.6 is 11.6 Å². The number of hydrogen-bond acceptors (Lipinski definition) is 5. The predicted molar refractivity (Wildman–Crippen MR) is 92.4 cm³/mol. The predicted octanol–water partition coefficient (Wildman–Crippen LogP) is 3.04. The van der Waals surface area contributed by atoms with E-state index in [2.05, 4.69) is 30.7 Å². The minimum Gasteiger partial charge on any atom is -0.435 e. The van der Waals surface area contributed by atoms with Gasteiger partial charge in [-0.25, -0.2) is 4.39 Å². The van der Waals surface area contributed by atoms with E-state index in [0.29, 0.717) is 11.1 Å². The maximum absolute atomic E-state index is 13.8. The molecule has 3 aromatic rings. The van der Waals surface area contributed by atoms with Crippen molar-refractivity contribution in [2.24, 2.45) is 0 Å². The molecule has 11 heteroatoms. The Labute approximate surface area is 161 Å². The van der Waals surface area contributed by atoms with Crippen LogP contribution in [0.3, 0.4) is 0 Å². The summed E-state index contributed by atoms with van der Waals surface area (Å²) in [6.07, 6.45) is -0.0562. The van der Waals surface area contributed by atoms with Gasteiger partial charge in [-0.2, -0.15) is 14.0 Å². The number of halogens is 4. The number of aromatic nitrogens is 4. The molecule has 3 rings (SSSR count). The molecule has 0 aliphatic rings. The number of rotatable bonds is 7. The van der Waals surface area contributed by atoms with Crippen molar-refractivity contribution in [2.75, 3.05) is 0 Å². The lowest BCUT2D eigenvalue weighted by molar-refractivity contribution is -0.121. The van der Waals surface area contributed by atoms with Crippen molar-refractivity contribution in [3.63, 3.8) is 0 Å². The number of nitrogens with zero attached hydrogens (tertiary/aromatic N) is 3. The zero-order valence-electron chi connectivity index (χ0n) is 14.1. The first-order valence-corrected chi connectivity index (χ1v) is 8.31. The number of carbonyl (C=O) groups is 1. The van der Waals surface area contributed by atoms with Crippen LogP contribution in [0.1, 0.15) is 23.0 Å². The zero-order chi connectivity index (χ0) is 20.1. The summed E-state index contributed by atoms with van der Waals surface area (Å²) in [5, 5.41) is 16.0. The maximum Gasteiger partial charge on any atom is 0.387 e. The highest BCUT2D eigenvalue weighted by atomic mass is 35.5. The number of hydrogen-bond donors (Lipinski definition) is 2. The van der Waals surface area contributed by atoms with Crippen LogP contribution in [0.25, 0.3) is 0 Å². The van der Waals surface area contributed by atoms with E-state index in [-0.39, 0.29) is 23.0 Å². The third-order valence-corrected chi connectivity index (χ3v) is 4.02. The van der Waals surface area contributed by atoms with E-state index in [1.807, 2.05) is 0 Å². The third kappa shape index (κ3) is 4.97. The van der Waals surface area contributed by atoms with Crippen LogP contribution in [0, 0.1) is 5.82 Å². The number of ether oxygens (including phenoxy) is 1. The van der Waals surface area contributed by atoms with Gasteiger partial charge in [0.2, 0.25) is 11.7 Å². The Morgan fingerprint density at radius 3 is 2.57 bits per heavy atom. The Morgan fingerprint density at radius 1 is 1.21 bits per heavy atom. The highest BCUT2D eigenvalue weighted by Crippen LogP contribution is 2.23. The quantitative estimate of drug-likeness (QED) is 0.623. The van der Waals surface area contributed by atoms with Gasteiger partial charge >= 0.3 is 6.61 Å². The molecule has 1 amide bonds. The number of carbonyl (C=O) groups excluding carboxylic acids is 1. The molecule has 0 fully saturated rings. The molecular weight excluding hydrogens is 399 g/mol. The van der Waals surface area contributed by atoms with Gasteiger partial charge in [-0.05, 0) is 35.4 Å². The minimum absolute atomic E-state index is 0.0135. The number of nitrogens with one attached hydrogen (secondary N) is 2. The lowest BCUT2D eigenvalue weighted by atomic mass is 10.1. The van der Waals surface area contributed by atoms with Gasteiger partial charge in [-0.15, -0.1) is 10.2 Å². The summed E-state index contributed by atoms with van der Waals surface area (Å²) in [7, 11) is 0. The number of tetrazole rings is 1. The van der Waals surface area contributed by atoms with Gasteiger partial charge in [-0.1, -0.05) is 35.0 Å². The second-order valence-corrected chi connectivity index (χ2v) is 6.05. The van der Waals surface area contributed by atoms with E-state index in [1.165, 1.54) is 42.5 Å². The molecule has 2 aromatic carbocycles. The molecular formula is C17H13ClF3N5O2. The SMILES string of the molecule is O=C(Cc1ccc(OC(F)F)cc1)NC(c1ccc(Cl)c(F)c1)c1nn[nH]n1. The first-order valence-electron chi connectivity index (χ1n) is 7.94. The maximum atomic E-state index is 13.8. The smallest absolute Gasteiger partial charge is 0.387 e. The van der Waals surface area contributed by atoms with Crippen molar-refractivity contribution >= 4 is 17.5 Å². The fraction of sp³-hybridized carbons (Fsp3) is 0.176. The molecule has 7 nitrogen and oxygen atoms in total. The summed E-state index contributed by atoms with van der Waals surface area (Å²) in [6.45, 7) is -2.93. The van der Waals surface area contributed by atoms with Crippen LogP contribution < -0.4 is 10.1 Å². The zero-order valence-corrected chi connectivity index (χ0v) is 14.8. The Bertz CT molecular complexity index is 938. The standard InChI is InChI=1S/C17H13ClF3N5O2/c18-12-6-3-10(8-13(12)19)15(16-23-25-26-24-16)22-14(27)7-9-1-4-11(5-2-9)28-17(20)21/h1-6,8,15,17H,7H2,(H,22,27)(H,23,24,25,26). The summed E-state index contributed by atoms with van der Waals surface area (Å²) in [6, 6.07) is 8.83. The lowest BCUT2D eigenvalue weighted by Gasteiger charge is -2.16. The fourth-order valence-corrected chi connectivity index (χ4v) is 2.58. The lowest BCUT2D eigenvalue weighted by Crippen LogP contribution is -2.31. The number of amides is 1. The largest absolute Gasteiger partial charge is 0.435 e. The van der Waals surface area contributed by atoms with Crippen LogP contribution in [0.5, 0.6) is 5.75 Å². The molecule has 0 spiro atoms. The number of benzene rings is 2. The Balaban J connectivity index is 1.73. The van der Waals surface area contributed by atoms with Crippen molar-refractivity contribution in [3.8, 4) is 5.75 Å². The number of H-pyrrole nitrogens is 1. The molecule has 0 saturated heterocycles. The number of alkyl halides is 2. The summed E-state index contributed by atoms with van der Waals surface area (Å²) in [5.41, 5.74) is 0.936. The number of aromatic amines is 1. The molecule has 1 heterocycles. The van der Waals surface area contributed by atoms with Crippen LogP contribution in [-0.2, 0) is 11.2 Å². The highest BCUT2D eigenvalue weighted by molar-refractivity contribution is 6.30. The van der Waals surface area contributed by atoms with Crippen molar-refractivity contribution in [3.05, 3.63) is 70.3 Å². The van der Waals surface area contributed by atoms with Gasteiger partial charge in [0.25, 0.3) is 0 Å². The summed E-state index contributed by atoms with van der Waals surface area (Å²) in [5.74, 6) is -0.958. The van der Waals surface area contributed by atoms with E-state index >= 15 is 0 Å². The normalized spacial score (nSPS) is 12.0. The molecule has 146 valence electrons. The molecule has 0 aliphatic heterocycles. The molecule has 28 heavy (non-hydrogen) atoms. The molecule has 2 N–H and O–H groups in total. The van der Waals surface area contributed by atoms with Crippen LogP contribution in [-0.4, -0.2) is 33.1 Å². The van der Waals surface area contributed by atoms with E-state index < -0.39 is 24.4 Å². The van der Waals surface area contributed by atoms with Gasteiger partial charge < -0.3 is 10.1 Å². The first-order chi connectivity index (χ1) is 13.4. The van der Waals surface area contributed by atoms with E-state index in [9.17, 15) is 18.0 Å². The van der Waals surface area contributed by atoms with E-state index in [4.69, 9.17) is 11.6 Å². The molecule has 0 radical (unpaired) electrons. The van der Waals surface area contributed by atoms with Crippen LogP contribution in [0.15, 0.2) is 42.5 Å². The fourth-order valence-electron chi connectivity index (χ4n) is 2.47. The minimum atomic E-state index is -2.93. The average Bonchev–Trinajstić information content (AvgIpc) is 3.18. The third-order valence-electron chi connectivity index (χ3n) is 3.72. The Hall–Kier alpha value is -3.14. The van der Waals surface area contributed by atoms with Gasteiger partial charge in [0, 0.05) is 0 Å². The summed E-state index contributed by atoms with van der Waals surface area (Å²) in [4.78, 5) is 12.4. The molecule has 0 aliphatic carbocycles. The average molecular weight is 412 g/mol. The highest BCUT2D eigenvalue weighted by Gasteiger charge is 2.22. The van der Waals surface area contributed by atoms with Gasteiger partial charge in [0.15, 0.2) is 0 Å². The van der Waals surface area contributed by atoms with Gasteiger partial charge in [-0.3, -0.25) is 4.79 Å². The Morgan fingerprint density at radius 2 is 1.96 bits per heavy atom. The van der Waals surface area contributed by atoms with Gasteiger partial charge in [0.05, 0.1) is 11.4 Å². The van der Waals surface area contributed by atoms with Crippen molar-refractivity contribution in [2.45, 2.75) is 19.1 Å². The second kappa shape index (κ2) is 8.70. The molecule has 1 unspecified atom stereocenters. The van der Waals surface area contributed by atoms with Crippen molar-refractivity contribution < 1.29 is 22.7 Å². The summed E-state index contributed by atoms with van der Waals surface area (Å²) < 4.78 is 42.4. The molecule has 1 atom stereocenters. The van der Waals surface area contributed by atoms with Crippen molar-refractivity contribution in [1.82, 2.24) is 25.9 Å². The second-order valence-electron chi connectivity index (χ2n) is 5.64.